The summed E-state index contributed by atoms with van der Waals surface area (Å²) in [7, 11) is 1.90. The molecule has 2 aromatic carbocycles. The Hall–Kier alpha value is -3.78. The Morgan fingerprint density at radius 2 is 1.46 bits per heavy atom. The number of hydrogen-bond acceptors (Lipinski definition) is 7. The highest BCUT2D eigenvalue weighted by Gasteiger charge is 2.19. The predicted octanol–water partition coefficient (Wildman–Crippen LogP) is 11.7. The molecule has 0 bridgehead atoms. The molecule has 0 amide bonds. The van der Waals surface area contributed by atoms with Crippen LogP contribution in [0.2, 0.25) is 10.0 Å². The number of hydrogen-bond donors (Lipinski definition) is 0. The van der Waals surface area contributed by atoms with Crippen LogP contribution in [-0.4, -0.2) is 70.3 Å². The lowest BCUT2D eigenvalue weighted by molar-refractivity contribution is -0.143. The molecular weight excluding hydrogens is 741 g/mol. The normalized spacial score (nSPS) is 14.0. The number of benzene rings is 2. The van der Waals surface area contributed by atoms with E-state index >= 15 is 0 Å². The van der Waals surface area contributed by atoms with E-state index in [0.29, 0.717) is 35.9 Å². The van der Waals surface area contributed by atoms with Crippen LogP contribution in [0.1, 0.15) is 96.0 Å². The molecule has 1 aliphatic rings. The van der Waals surface area contributed by atoms with Gasteiger partial charge in [-0.15, -0.1) is 0 Å². The van der Waals surface area contributed by atoms with Crippen LogP contribution in [0.3, 0.4) is 0 Å². The summed E-state index contributed by atoms with van der Waals surface area (Å²) in [6, 6.07) is 11.8. The Labute approximate surface area is 347 Å². The monoisotopic (exact) mass is 805 g/mol. The topological polar surface area (TPSA) is 62.3 Å². The lowest BCUT2D eigenvalue weighted by Gasteiger charge is -2.36. The van der Waals surface area contributed by atoms with Crippen LogP contribution in [-0.2, 0) is 20.7 Å². The number of rotatable bonds is 28. The summed E-state index contributed by atoms with van der Waals surface area (Å²) in [4.78, 5) is 30.4. The second-order valence-electron chi connectivity index (χ2n) is 14.1. The summed E-state index contributed by atoms with van der Waals surface area (Å²) in [6.45, 7) is 7.75. The number of carbonyl (C=O) groups excluding carboxylic acids is 2. The zero-order chi connectivity index (χ0) is 40.1. The molecule has 0 radical (unpaired) electrons. The zero-order valence-electron chi connectivity index (χ0n) is 33.9. The maximum atomic E-state index is 12.5. The number of esters is 1. The van der Waals surface area contributed by atoms with Crippen molar-refractivity contribution in [1.82, 2.24) is 4.90 Å². The lowest BCUT2D eigenvalue weighted by atomic mass is 10.1. The molecule has 1 fully saturated rings. The molecule has 7 nitrogen and oxygen atoms in total. The molecule has 9 heteroatoms. The van der Waals surface area contributed by atoms with E-state index in [1.165, 1.54) is 0 Å². The summed E-state index contributed by atoms with van der Waals surface area (Å²) >= 11 is 12.7. The van der Waals surface area contributed by atoms with Crippen LogP contribution < -0.4 is 14.5 Å². The summed E-state index contributed by atoms with van der Waals surface area (Å²) < 4.78 is 11.8. The number of unbranched alkanes of at least 4 members (excludes halogenated alkanes) is 4. The molecule has 1 heterocycles. The highest BCUT2D eigenvalue weighted by atomic mass is 35.5. The van der Waals surface area contributed by atoms with Crippen molar-refractivity contribution in [3.05, 3.63) is 113 Å². The largest absolute Gasteiger partial charge is 0.494 e. The SMILES string of the molecule is CC/C=C\C/C=C\C/C=C\C/C=C\C/C=C\CCCCCC(=O)OCN(C)c1cc(OCCCCN2CCN(c3cccc(Cl)c3Cl)CC2)ccc1CCC=O. The fourth-order valence-electron chi connectivity index (χ4n) is 6.38. The number of aryl methyl sites for hydroxylation is 1. The van der Waals surface area contributed by atoms with Gasteiger partial charge in [-0.2, -0.15) is 0 Å². The minimum absolute atomic E-state index is 0.146. The van der Waals surface area contributed by atoms with Gasteiger partial charge in [-0.1, -0.05) is 109 Å². The molecule has 2 aromatic rings. The second kappa shape index (κ2) is 29.5. The van der Waals surface area contributed by atoms with Gasteiger partial charge < -0.3 is 24.1 Å². The Morgan fingerprint density at radius 1 is 0.786 bits per heavy atom. The van der Waals surface area contributed by atoms with Crippen molar-refractivity contribution in [3.8, 4) is 5.75 Å². The van der Waals surface area contributed by atoms with Crippen LogP contribution in [0.25, 0.3) is 0 Å². The van der Waals surface area contributed by atoms with E-state index in [0.717, 1.165) is 132 Å². The number of carbonyl (C=O) groups is 2. The quantitative estimate of drug-likeness (QED) is 0.0279. The Morgan fingerprint density at radius 3 is 2.14 bits per heavy atom. The molecule has 56 heavy (non-hydrogen) atoms. The predicted molar refractivity (Wildman–Crippen MR) is 238 cm³/mol. The molecule has 0 atom stereocenters. The first-order chi connectivity index (χ1) is 27.4. The Bertz CT molecular complexity index is 1560. The third-order valence-electron chi connectivity index (χ3n) is 9.61. The van der Waals surface area contributed by atoms with Crippen LogP contribution in [0.5, 0.6) is 5.75 Å². The van der Waals surface area contributed by atoms with E-state index in [4.69, 9.17) is 32.7 Å². The van der Waals surface area contributed by atoms with Gasteiger partial charge in [0.05, 0.1) is 22.3 Å². The van der Waals surface area contributed by atoms with Gasteiger partial charge in [-0.05, 0) is 101 Å². The highest BCUT2D eigenvalue weighted by Crippen LogP contribution is 2.33. The van der Waals surface area contributed by atoms with E-state index in [2.05, 4.69) is 77.5 Å². The standard InChI is InChI=1S/C47H65Cl2N3O4/c1-3-4-5-6-7-8-9-10-11-12-13-14-15-16-17-18-19-20-21-29-46(54)56-40-50(2)45-39-42(31-30-41(45)26-25-37-53)55-38-23-22-32-51-33-35-52(36-34-51)44-28-24-27-43(48)47(44)49/h4-5,7-8,10-11,13-14,16-17,24,27-28,30-31,37,39H,3,6,9,12,15,18-23,25-26,29,32-36,38,40H2,1-2H3/b5-4-,8-7-,11-10-,14-13-,17-16-. The molecule has 0 aliphatic carbocycles. The van der Waals surface area contributed by atoms with Gasteiger partial charge in [-0.3, -0.25) is 9.69 Å². The minimum atomic E-state index is -0.191. The first-order valence-corrected chi connectivity index (χ1v) is 21.4. The van der Waals surface area contributed by atoms with E-state index in [1.54, 1.807) is 0 Å². The van der Waals surface area contributed by atoms with Crippen LogP contribution in [0.4, 0.5) is 11.4 Å². The van der Waals surface area contributed by atoms with E-state index < -0.39 is 0 Å². The molecule has 3 rings (SSSR count). The van der Waals surface area contributed by atoms with Crippen LogP contribution in [0.15, 0.2) is 97.2 Å². The first kappa shape index (κ1) is 46.6. The van der Waals surface area contributed by atoms with E-state index in [-0.39, 0.29) is 12.7 Å². The fourth-order valence-corrected chi connectivity index (χ4v) is 6.79. The summed E-state index contributed by atoms with van der Waals surface area (Å²) in [5, 5.41) is 1.22. The van der Waals surface area contributed by atoms with Crippen molar-refractivity contribution >= 4 is 46.8 Å². The van der Waals surface area contributed by atoms with E-state index in [9.17, 15) is 9.59 Å². The maximum absolute atomic E-state index is 12.5. The molecule has 0 aromatic heterocycles. The smallest absolute Gasteiger partial charge is 0.307 e. The van der Waals surface area contributed by atoms with Gasteiger partial charge in [0.1, 0.15) is 12.0 Å². The summed E-state index contributed by atoms with van der Waals surface area (Å²) in [5.74, 6) is 0.579. The zero-order valence-corrected chi connectivity index (χ0v) is 35.4. The van der Waals surface area contributed by atoms with Gasteiger partial charge >= 0.3 is 5.97 Å². The number of ether oxygens (including phenoxy) is 2. The van der Waals surface area contributed by atoms with Crippen LogP contribution >= 0.6 is 23.2 Å². The van der Waals surface area contributed by atoms with E-state index in [1.807, 2.05) is 48.3 Å². The second-order valence-corrected chi connectivity index (χ2v) is 14.9. The number of piperazine rings is 1. The maximum Gasteiger partial charge on any atom is 0.307 e. The van der Waals surface area contributed by atoms with Crippen molar-refractivity contribution < 1.29 is 19.1 Å². The average molecular weight is 807 g/mol. The average Bonchev–Trinajstić information content (AvgIpc) is 3.21. The van der Waals surface area contributed by atoms with Crippen molar-refractivity contribution in [2.24, 2.45) is 0 Å². The number of aldehydes is 1. The first-order valence-electron chi connectivity index (χ1n) is 20.6. The molecule has 1 aliphatic heterocycles. The molecule has 0 saturated carbocycles. The molecule has 1 saturated heterocycles. The molecule has 0 spiro atoms. The minimum Gasteiger partial charge on any atom is -0.494 e. The highest BCUT2D eigenvalue weighted by molar-refractivity contribution is 6.43. The van der Waals surface area contributed by atoms with Gasteiger partial charge in [0, 0.05) is 57.8 Å². The van der Waals surface area contributed by atoms with Crippen LogP contribution in [0, 0.1) is 0 Å². The van der Waals surface area contributed by atoms with Crippen molar-refractivity contribution in [1.29, 1.82) is 0 Å². The van der Waals surface area contributed by atoms with Crippen molar-refractivity contribution in [2.75, 3.05) is 62.9 Å². The lowest BCUT2D eigenvalue weighted by Crippen LogP contribution is -2.46. The van der Waals surface area contributed by atoms with Crippen molar-refractivity contribution in [3.63, 3.8) is 0 Å². The van der Waals surface area contributed by atoms with Crippen molar-refractivity contribution in [2.45, 2.75) is 96.8 Å². The Kier molecular flexibility index (Phi) is 24.5. The summed E-state index contributed by atoms with van der Waals surface area (Å²) in [5.41, 5.74) is 2.94. The Balaban J connectivity index is 1.27. The van der Waals surface area contributed by atoms with Gasteiger partial charge in [-0.25, -0.2) is 0 Å². The van der Waals surface area contributed by atoms with Gasteiger partial charge in [0.25, 0.3) is 0 Å². The third kappa shape index (κ3) is 19.4. The molecule has 0 unspecified atom stereocenters. The molecule has 0 N–H and O–H groups in total. The molecule has 306 valence electrons. The fraction of sp³-hybridized carbons (Fsp3) is 0.489. The molecular formula is C47H65Cl2N3O4. The number of allylic oxidation sites excluding steroid dienone is 10. The third-order valence-corrected chi connectivity index (χ3v) is 10.4. The number of anilines is 2. The van der Waals surface area contributed by atoms with Gasteiger partial charge in [0.15, 0.2) is 6.73 Å². The summed E-state index contributed by atoms with van der Waals surface area (Å²) in [6.07, 6.45) is 35.4. The number of halogens is 2. The van der Waals surface area contributed by atoms with Gasteiger partial charge in [0.2, 0.25) is 0 Å². The number of nitrogens with zero attached hydrogens (tertiary/aromatic N) is 3.